The number of likely N-dealkylation sites (tertiary alicyclic amines) is 1. The number of hydrogen-bond acceptors (Lipinski definition) is 6. The molecule has 0 amide bonds. The van der Waals surface area contributed by atoms with Gasteiger partial charge in [-0.3, -0.25) is 0 Å². The monoisotopic (exact) mass is 314 g/mol. The number of hydrogen-bond donors (Lipinski definition) is 0. The topological polar surface area (TPSA) is 79.5 Å². The maximum atomic E-state index is 12.6. The van der Waals surface area contributed by atoms with Gasteiger partial charge in [-0.05, 0) is 38.8 Å². The summed E-state index contributed by atoms with van der Waals surface area (Å²) in [4.78, 5) is 6.42. The van der Waals surface area contributed by atoms with E-state index in [1.807, 2.05) is 0 Å². The van der Waals surface area contributed by atoms with Gasteiger partial charge >= 0.3 is 0 Å². The summed E-state index contributed by atoms with van der Waals surface area (Å²) < 4.78 is 31.7. The normalized spacial score (nSPS) is 24.9. The van der Waals surface area contributed by atoms with Crippen LogP contribution in [0.1, 0.15) is 43.4 Å². The molecular weight excluding hydrogens is 292 g/mol. The molecule has 0 bridgehead atoms. The fraction of sp³-hybridized carbons (Fsp3) is 0.846. The van der Waals surface area contributed by atoms with Gasteiger partial charge in [0.2, 0.25) is 15.9 Å². The van der Waals surface area contributed by atoms with Crippen molar-refractivity contribution in [2.24, 2.45) is 0 Å². The van der Waals surface area contributed by atoms with Gasteiger partial charge in [0.15, 0.2) is 5.82 Å². The molecule has 2 aliphatic rings. The van der Waals surface area contributed by atoms with Crippen molar-refractivity contribution in [2.75, 3.05) is 31.9 Å². The van der Waals surface area contributed by atoms with E-state index in [1.54, 1.807) is 11.2 Å². The van der Waals surface area contributed by atoms with Gasteiger partial charge in [-0.1, -0.05) is 5.16 Å². The van der Waals surface area contributed by atoms with Gasteiger partial charge in [-0.25, -0.2) is 8.42 Å². The van der Waals surface area contributed by atoms with E-state index in [0.717, 1.165) is 25.9 Å². The summed E-state index contributed by atoms with van der Waals surface area (Å²) in [7, 11) is -3.27. The summed E-state index contributed by atoms with van der Waals surface area (Å²) >= 11 is 0. The molecule has 1 aromatic heterocycles. The quantitative estimate of drug-likeness (QED) is 0.805. The molecule has 0 aliphatic carbocycles. The molecule has 0 spiro atoms. The van der Waals surface area contributed by atoms with E-state index in [0.29, 0.717) is 24.8 Å². The second kappa shape index (κ2) is 6.02. The Morgan fingerprint density at radius 3 is 2.67 bits per heavy atom. The van der Waals surface area contributed by atoms with Crippen molar-refractivity contribution in [1.29, 1.82) is 0 Å². The smallest absolute Gasteiger partial charge is 0.223 e. The molecule has 21 heavy (non-hydrogen) atoms. The minimum absolute atomic E-state index is 0.181. The summed E-state index contributed by atoms with van der Waals surface area (Å²) in [6.45, 7) is 4.93. The van der Waals surface area contributed by atoms with Crippen LogP contribution in [0.3, 0.4) is 0 Å². The largest absolute Gasteiger partial charge is 0.340 e. The fourth-order valence-electron chi connectivity index (χ4n) is 3.15. The molecule has 0 N–H and O–H groups in total. The summed E-state index contributed by atoms with van der Waals surface area (Å²) in [5, 5.41) is 3.90. The van der Waals surface area contributed by atoms with Gasteiger partial charge in [0.1, 0.15) is 0 Å². The first-order valence-corrected chi connectivity index (χ1v) is 9.19. The average molecular weight is 314 g/mol. The van der Waals surface area contributed by atoms with Gasteiger partial charge in [0, 0.05) is 20.0 Å². The Hall–Kier alpha value is -0.990. The molecule has 0 aromatic carbocycles. The van der Waals surface area contributed by atoms with E-state index in [2.05, 4.69) is 15.0 Å². The highest BCUT2D eigenvalue weighted by molar-refractivity contribution is 7.89. The van der Waals surface area contributed by atoms with Crippen LogP contribution in [0, 0.1) is 6.92 Å². The second-order valence-corrected chi connectivity index (χ2v) is 7.85. The van der Waals surface area contributed by atoms with Crippen LogP contribution >= 0.6 is 0 Å². The molecule has 2 fully saturated rings. The van der Waals surface area contributed by atoms with Crippen LogP contribution in [0.4, 0.5) is 0 Å². The van der Waals surface area contributed by atoms with Crippen LogP contribution in [0.15, 0.2) is 4.52 Å². The van der Waals surface area contributed by atoms with Crippen molar-refractivity contribution < 1.29 is 12.9 Å². The predicted octanol–water partition coefficient (Wildman–Crippen LogP) is 0.941. The van der Waals surface area contributed by atoms with Crippen molar-refractivity contribution in [3.8, 4) is 0 Å². The Kier molecular flexibility index (Phi) is 4.28. The molecule has 0 unspecified atom stereocenters. The molecule has 3 rings (SSSR count). The molecule has 8 heteroatoms. The van der Waals surface area contributed by atoms with Crippen molar-refractivity contribution in [3.05, 3.63) is 11.7 Å². The Morgan fingerprint density at radius 2 is 2.00 bits per heavy atom. The zero-order valence-corrected chi connectivity index (χ0v) is 13.2. The molecule has 2 aliphatic heterocycles. The highest BCUT2D eigenvalue weighted by Crippen LogP contribution is 2.32. The first-order chi connectivity index (χ1) is 10.1. The van der Waals surface area contributed by atoms with Crippen molar-refractivity contribution in [2.45, 2.75) is 38.6 Å². The van der Waals surface area contributed by atoms with Crippen LogP contribution in [0.25, 0.3) is 0 Å². The highest BCUT2D eigenvalue weighted by atomic mass is 32.2. The van der Waals surface area contributed by atoms with E-state index in [1.165, 1.54) is 12.8 Å². The third-order valence-electron chi connectivity index (χ3n) is 4.27. The molecule has 118 valence electrons. The Balaban J connectivity index is 1.68. The van der Waals surface area contributed by atoms with E-state index < -0.39 is 10.0 Å². The third-order valence-corrected chi connectivity index (χ3v) is 6.12. The standard InChI is InChI=1S/C13H22N4O3S/c1-11-14-13(15-20-11)12-5-4-8-17(12)21(18,19)10-9-16-6-2-3-7-16/h12H,2-10H2,1H3/t12-/m1/s1. The van der Waals surface area contributed by atoms with Gasteiger partial charge < -0.3 is 9.42 Å². The summed E-state index contributed by atoms with van der Waals surface area (Å²) in [5.41, 5.74) is 0. The summed E-state index contributed by atoms with van der Waals surface area (Å²) in [6, 6.07) is -0.258. The molecule has 1 atom stereocenters. The van der Waals surface area contributed by atoms with E-state index in [4.69, 9.17) is 4.52 Å². The van der Waals surface area contributed by atoms with Crippen LogP contribution in [0.5, 0.6) is 0 Å². The highest BCUT2D eigenvalue weighted by Gasteiger charge is 2.37. The maximum absolute atomic E-state index is 12.6. The van der Waals surface area contributed by atoms with Gasteiger partial charge in [-0.2, -0.15) is 9.29 Å². The maximum Gasteiger partial charge on any atom is 0.223 e. The lowest BCUT2D eigenvalue weighted by atomic mass is 10.2. The minimum Gasteiger partial charge on any atom is -0.340 e. The lowest BCUT2D eigenvalue weighted by Gasteiger charge is -2.23. The number of nitrogens with zero attached hydrogens (tertiary/aromatic N) is 4. The zero-order chi connectivity index (χ0) is 14.9. The summed E-state index contributed by atoms with van der Waals surface area (Å²) in [6.07, 6.45) is 3.96. The van der Waals surface area contributed by atoms with E-state index >= 15 is 0 Å². The van der Waals surface area contributed by atoms with Crippen LogP contribution in [-0.4, -0.2) is 59.7 Å². The fourth-order valence-corrected chi connectivity index (χ4v) is 4.87. The number of aromatic nitrogens is 2. The Labute approximate surface area is 125 Å². The number of aryl methyl sites for hydroxylation is 1. The molecule has 1 aromatic rings. The summed E-state index contributed by atoms with van der Waals surface area (Å²) in [5.74, 6) is 1.15. The third kappa shape index (κ3) is 3.27. The molecule has 2 saturated heterocycles. The van der Waals surface area contributed by atoms with Crippen molar-refractivity contribution in [3.63, 3.8) is 0 Å². The van der Waals surface area contributed by atoms with E-state index in [-0.39, 0.29) is 11.8 Å². The molecule has 7 nitrogen and oxygen atoms in total. The van der Waals surface area contributed by atoms with Gasteiger partial charge in [-0.15, -0.1) is 0 Å². The predicted molar refractivity (Wildman–Crippen MR) is 77.2 cm³/mol. The number of sulfonamides is 1. The molecule has 0 radical (unpaired) electrons. The Bertz CT molecular complexity index is 580. The van der Waals surface area contributed by atoms with Crippen LogP contribution in [-0.2, 0) is 10.0 Å². The SMILES string of the molecule is Cc1nc([C@H]2CCCN2S(=O)(=O)CCN2CCCC2)no1. The first-order valence-electron chi connectivity index (χ1n) is 7.58. The minimum atomic E-state index is -3.27. The first kappa shape index (κ1) is 14.9. The molecule has 3 heterocycles. The van der Waals surface area contributed by atoms with Crippen molar-refractivity contribution >= 4 is 10.0 Å². The van der Waals surface area contributed by atoms with Gasteiger partial charge in [0.25, 0.3) is 0 Å². The van der Waals surface area contributed by atoms with Crippen LogP contribution in [0.2, 0.25) is 0 Å². The molecule has 0 saturated carbocycles. The number of rotatable bonds is 5. The van der Waals surface area contributed by atoms with Crippen LogP contribution < -0.4 is 0 Å². The lowest BCUT2D eigenvalue weighted by Crippen LogP contribution is -2.37. The lowest BCUT2D eigenvalue weighted by molar-refractivity contribution is 0.337. The average Bonchev–Trinajstić information content (AvgIpc) is 3.17. The zero-order valence-electron chi connectivity index (χ0n) is 12.4. The van der Waals surface area contributed by atoms with Gasteiger partial charge in [0.05, 0.1) is 11.8 Å². The Morgan fingerprint density at radius 1 is 1.24 bits per heavy atom. The molecular formula is C13H22N4O3S. The van der Waals surface area contributed by atoms with E-state index in [9.17, 15) is 8.42 Å². The second-order valence-electron chi connectivity index (χ2n) is 5.81. The van der Waals surface area contributed by atoms with Crippen molar-refractivity contribution in [1.82, 2.24) is 19.3 Å².